The van der Waals surface area contributed by atoms with Crippen molar-refractivity contribution in [3.63, 3.8) is 0 Å². The third-order valence-corrected chi connectivity index (χ3v) is 1.58. The minimum atomic E-state index is -0.801. The molecule has 0 rings (SSSR count). The Bertz CT molecular complexity index is 180. The summed E-state index contributed by atoms with van der Waals surface area (Å²) >= 11 is 0. The predicted molar refractivity (Wildman–Crippen MR) is 49.4 cm³/mol. The molecule has 0 bridgehead atoms. The van der Waals surface area contributed by atoms with Crippen LogP contribution in [0.2, 0.25) is 0 Å². The van der Waals surface area contributed by atoms with Gasteiger partial charge in [0.15, 0.2) is 0 Å². The third-order valence-electron chi connectivity index (χ3n) is 1.58. The zero-order valence-corrected chi connectivity index (χ0v) is 8.09. The SMILES string of the molecule is CC(C)CCCNC(=O)C(=O)NN. The maximum Gasteiger partial charge on any atom is 0.323 e. The predicted octanol–water partition coefficient (Wildman–Crippen LogP) is -0.471. The number of carbonyl (C=O) groups excluding carboxylic acids is 2. The fourth-order valence-corrected chi connectivity index (χ4v) is 0.858. The molecule has 0 saturated carbocycles. The van der Waals surface area contributed by atoms with E-state index in [1.807, 2.05) is 0 Å². The summed E-state index contributed by atoms with van der Waals surface area (Å²) in [5.41, 5.74) is 1.76. The molecule has 0 aliphatic heterocycles. The van der Waals surface area contributed by atoms with Crippen molar-refractivity contribution in [2.24, 2.45) is 11.8 Å². The first-order valence-electron chi connectivity index (χ1n) is 4.36. The number of amides is 2. The zero-order chi connectivity index (χ0) is 10.3. The summed E-state index contributed by atoms with van der Waals surface area (Å²) in [6.07, 6.45) is 1.91. The van der Waals surface area contributed by atoms with Crippen LogP contribution in [0, 0.1) is 5.92 Å². The Hall–Kier alpha value is -1.10. The highest BCUT2D eigenvalue weighted by Crippen LogP contribution is 2.01. The number of hydrogen-bond acceptors (Lipinski definition) is 3. The van der Waals surface area contributed by atoms with Gasteiger partial charge in [0, 0.05) is 6.54 Å². The van der Waals surface area contributed by atoms with E-state index in [2.05, 4.69) is 19.2 Å². The second-order valence-electron chi connectivity index (χ2n) is 3.27. The molecule has 0 spiro atoms. The fourth-order valence-electron chi connectivity index (χ4n) is 0.858. The Morgan fingerprint density at radius 2 is 1.92 bits per heavy atom. The van der Waals surface area contributed by atoms with E-state index >= 15 is 0 Å². The maximum atomic E-state index is 10.8. The minimum absolute atomic E-state index is 0.518. The number of nitrogens with one attached hydrogen (secondary N) is 2. The molecule has 0 radical (unpaired) electrons. The minimum Gasteiger partial charge on any atom is -0.348 e. The van der Waals surface area contributed by atoms with Crippen molar-refractivity contribution in [2.75, 3.05) is 6.54 Å². The number of hydrazine groups is 1. The number of rotatable bonds is 4. The molecule has 0 aromatic carbocycles. The Labute approximate surface area is 78.0 Å². The molecule has 0 fully saturated rings. The van der Waals surface area contributed by atoms with Crippen LogP contribution in [0.4, 0.5) is 0 Å². The quantitative estimate of drug-likeness (QED) is 0.183. The Morgan fingerprint density at radius 3 is 2.38 bits per heavy atom. The standard InChI is InChI=1S/C8H17N3O2/c1-6(2)4-3-5-10-7(12)8(13)11-9/h6H,3-5,9H2,1-2H3,(H,10,12)(H,11,13). The summed E-state index contributed by atoms with van der Waals surface area (Å²) in [4.78, 5) is 21.4. The van der Waals surface area contributed by atoms with Gasteiger partial charge in [0.2, 0.25) is 0 Å². The Morgan fingerprint density at radius 1 is 1.31 bits per heavy atom. The van der Waals surface area contributed by atoms with Gasteiger partial charge in [-0.3, -0.25) is 15.0 Å². The van der Waals surface area contributed by atoms with Gasteiger partial charge in [0.1, 0.15) is 0 Å². The molecule has 0 aromatic heterocycles. The lowest BCUT2D eigenvalue weighted by Gasteiger charge is -2.05. The van der Waals surface area contributed by atoms with E-state index in [-0.39, 0.29) is 0 Å². The maximum absolute atomic E-state index is 10.8. The average molecular weight is 187 g/mol. The lowest BCUT2D eigenvalue weighted by molar-refractivity contribution is -0.139. The van der Waals surface area contributed by atoms with Crippen LogP contribution in [0.15, 0.2) is 0 Å². The number of carbonyl (C=O) groups is 2. The van der Waals surface area contributed by atoms with Crippen LogP contribution >= 0.6 is 0 Å². The summed E-state index contributed by atoms with van der Waals surface area (Å²) in [6.45, 7) is 4.73. The van der Waals surface area contributed by atoms with E-state index in [0.717, 1.165) is 12.8 Å². The molecule has 0 aliphatic rings. The molecule has 0 heterocycles. The second kappa shape index (κ2) is 6.42. The van der Waals surface area contributed by atoms with Crippen LogP contribution in [0.3, 0.4) is 0 Å². The monoisotopic (exact) mass is 187 g/mol. The number of nitrogens with two attached hydrogens (primary N) is 1. The first-order valence-corrected chi connectivity index (χ1v) is 4.36. The number of hydrogen-bond donors (Lipinski definition) is 3. The van der Waals surface area contributed by atoms with Gasteiger partial charge < -0.3 is 5.32 Å². The van der Waals surface area contributed by atoms with Crippen molar-refractivity contribution in [3.8, 4) is 0 Å². The van der Waals surface area contributed by atoms with Crippen molar-refractivity contribution in [2.45, 2.75) is 26.7 Å². The van der Waals surface area contributed by atoms with Crippen LogP contribution < -0.4 is 16.6 Å². The summed E-state index contributed by atoms with van der Waals surface area (Å²) in [5.74, 6) is 3.90. The second-order valence-corrected chi connectivity index (χ2v) is 3.27. The van der Waals surface area contributed by atoms with Gasteiger partial charge in [-0.25, -0.2) is 5.84 Å². The van der Waals surface area contributed by atoms with Crippen molar-refractivity contribution in [1.82, 2.24) is 10.7 Å². The summed E-state index contributed by atoms with van der Waals surface area (Å²) in [5, 5.41) is 2.46. The largest absolute Gasteiger partial charge is 0.348 e. The molecule has 2 amide bonds. The molecule has 0 unspecified atom stereocenters. The molecular formula is C8H17N3O2. The molecule has 5 nitrogen and oxygen atoms in total. The van der Waals surface area contributed by atoms with Gasteiger partial charge in [0.05, 0.1) is 0 Å². The van der Waals surface area contributed by atoms with Gasteiger partial charge >= 0.3 is 11.8 Å². The van der Waals surface area contributed by atoms with E-state index < -0.39 is 11.8 Å². The topological polar surface area (TPSA) is 84.2 Å². The van der Waals surface area contributed by atoms with Crippen LogP contribution in [0.25, 0.3) is 0 Å². The van der Waals surface area contributed by atoms with Crippen LogP contribution in [-0.4, -0.2) is 18.4 Å². The van der Waals surface area contributed by atoms with Gasteiger partial charge in [0.25, 0.3) is 0 Å². The van der Waals surface area contributed by atoms with E-state index in [9.17, 15) is 9.59 Å². The van der Waals surface area contributed by atoms with E-state index in [1.54, 1.807) is 5.43 Å². The molecule has 0 saturated heterocycles. The third kappa shape index (κ3) is 6.10. The summed E-state index contributed by atoms with van der Waals surface area (Å²) in [6, 6.07) is 0. The molecule has 4 N–H and O–H groups in total. The Kier molecular flexibility index (Phi) is 5.88. The van der Waals surface area contributed by atoms with Gasteiger partial charge in [-0.15, -0.1) is 0 Å². The highest BCUT2D eigenvalue weighted by atomic mass is 16.2. The van der Waals surface area contributed by atoms with Crippen molar-refractivity contribution in [3.05, 3.63) is 0 Å². The van der Waals surface area contributed by atoms with Crippen LogP contribution in [0.5, 0.6) is 0 Å². The molecule has 5 heteroatoms. The van der Waals surface area contributed by atoms with Gasteiger partial charge in [-0.2, -0.15) is 0 Å². The molecular weight excluding hydrogens is 170 g/mol. The first-order chi connectivity index (χ1) is 6.07. The van der Waals surface area contributed by atoms with Crippen LogP contribution in [-0.2, 0) is 9.59 Å². The van der Waals surface area contributed by atoms with E-state index in [1.165, 1.54) is 0 Å². The van der Waals surface area contributed by atoms with Crippen LogP contribution in [0.1, 0.15) is 26.7 Å². The fraction of sp³-hybridized carbons (Fsp3) is 0.750. The molecule has 0 aliphatic carbocycles. The highest BCUT2D eigenvalue weighted by Gasteiger charge is 2.09. The molecule has 0 aromatic rings. The summed E-state index contributed by atoms with van der Waals surface area (Å²) < 4.78 is 0. The molecule has 76 valence electrons. The lowest BCUT2D eigenvalue weighted by atomic mass is 10.1. The van der Waals surface area contributed by atoms with E-state index in [4.69, 9.17) is 5.84 Å². The van der Waals surface area contributed by atoms with Crippen molar-refractivity contribution < 1.29 is 9.59 Å². The zero-order valence-electron chi connectivity index (χ0n) is 8.09. The Balaban J connectivity index is 3.43. The lowest BCUT2D eigenvalue weighted by Crippen LogP contribution is -2.43. The van der Waals surface area contributed by atoms with Gasteiger partial charge in [-0.1, -0.05) is 13.8 Å². The normalized spacial score (nSPS) is 9.85. The smallest absolute Gasteiger partial charge is 0.323 e. The molecule has 13 heavy (non-hydrogen) atoms. The summed E-state index contributed by atoms with van der Waals surface area (Å²) in [7, 11) is 0. The van der Waals surface area contributed by atoms with E-state index in [0.29, 0.717) is 12.5 Å². The van der Waals surface area contributed by atoms with Crippen molar-refractivity contribution >= 4 is 11.8 Å². The van der Waals surface area contributed by atoms with Gasteiger partial charge in [-0.05, 0) is 18.8 Å². The first kappa shape index (κ1) is 11.9. The van der Waals surface area contributed by atoms with Crippen molar-refractivity contribution in [1.29, 1.82) is 0 Å². The molecule has 0 atom stereocenters. The average Bonchev–Trinajstić information content (AvgIpc) is 2.10. The highest BCUT2D eigenvalue weighted by molar-refractivity contribution is 6.34.